The number of nitriles is 1. The Morgan fingerprint density at radius 2 is 2.10 bits per heavy atom. The highest BCUT2D eigenvalue weighted by molar-refractivity contribution is 5.97. The van der Waals surface area contributed by atoms with Gasteiger partial charge in [0.2, 0.25) is 0 Å². The molecule has 11 heteroatoms. The second kappa shape index (κ2) is 7.21. The van der Waals surface area contributed by atoms with E-state index in [4.69, 9.17) is 10.00 Å². The molecule has 2 heterocycles. The number of halogens is 5. The number of carbonyl (C=O) groups excluding carboxylic acids is 1. The van der Waals surface area contributed by atoms with Gasteiger partial charge in [-0.05, 0) is 25.1 Å². The highest BCUT2D eigenvalue weighted by Gasteiger charge is 2.56. The molecule has 1 aliphatic heterocycles. The van der Waals surface area contributed by atoms with Crippen molar-refractivity contribution >= 4 is 5.91 Å². The zero-order valence-corrected chi connectivity index (χ0v) is 16.3. The van der Waals surface area contributed by atoms with Crippen LogP contribution in [0.2, 0.25) is 0 Å². The van der Waals surface area contributed by atoms with Crippen molar-refractivity contribution in [2.24, 2.45) is 5.92 Å². The van der Waals surface area contributed by atoms with Crippen LogP contribution in [0.4, 0.5) is 22.0 Å². The lowest BCUT2D eigenvalue weighted by Crippen LogP contribution is -2.32. The molecule has 0 saturated heterocycles. The Labute approximate surface area is 173 Å². The number of alkyl halides is 5. The molecule has 2 atom stereocenters. The van der Waals surface area contributed by atoms with Gasteiger partial charge in [0.1, 0.15) is 5.75 Å². The number of carbonyl (C=O) groups is 1. The van der Waals surface area contributed by atoms with Gasteiger partial charge in [0.05, 0.1) is 29.4 Å². The summed E-state index contributed by atoms with van der Waals surface area (Å²) in [5, 5.41) is 13.4. The first-order valence-corrected chi connectivity index (χ1v) is 9.48. The van der Waals surface area contributed by atoms with E-state index in [0.29, 0.717) is 11.3 Å². The second-order valence-electron chi connectivity index (χ2n) is 7.77. The normalized spacial score (nSPS) is 20.2. The minimum Gasteiger partial charge on any atom is -0.480 e. The average Bonchev–Trinajstić information content (AvgIpc) is 3.00. The predicted molar refractivity (Wildman–Crippen MR) is 96.2 cm³/mol. The standard InChI is InChI=1S/C20H17F5N4O2/c1-11(20(23,24)25)31-17-3-2-12(6-26)4-15(17)18(30)28-7-13-8-29(27-16(13)10-28)9-14-5-19(14,21)22/h2-4,8,11,14H,5,7,9-10H2,1H3. The molecule has 1 saturated carbocycles. The largest absolute Gasteiger partial charge is 0.480 e. The van der Waals surface area contributed by atoms with Gasteiger partial charge in [0.15, 0.2) is 6.10 Å². The first kappa shape index (κ1) is 21.1. The third-order valence-corrected chi connectivity index (χ3v) is 5.38. The maximum Gasteiger partial charge on any atom is 0.425 e. The number of aromatic nitrogens is 2. The SMILES string of the molecule is CC(Oc1ccc(C#N)cc1C(=O)N1Cc2cn(CC3CC3(F)F)nc2C1)C(F)(F)F. The van der Waals surface area contributed by atoms with Gasteiger partial charge in [-0.2, -0.15) is 23.5 Å². The predicted octanol–water partition coefficient (Wildman–Crippen LogP) is 3.90. The van der Waals surface area contributed by atoms with Crippen LogP contribution >= 0.6 is 0 Å². The summed E-state index contributed by atoms with van der Waals surface area (Å²) < 4.78 is 71.3. The molecule has 2 aliphatic rings. The first-order chi connectivity index (χ1) is 14.5. The Kier molecular flexibility index (Phi) is 4.91. The van der Waals surface area contributed by atoms with E-state index < -0.39 is 30.0 Å². The van der Waals surface area contributed by atoms with E-state index in [1.54, 1.807) is 6.20 Å². The summed E-state index contributed by atoms with van der Waals surface area (Å²) in [7, 11) is 0. The summed E-state index contributed by atoms with van der Waals surface area (Å²) >= 11 is 0. The number of ether oxygens (including phenoxy) is 1. The van der Waals surface area contributed by atoms with E-state index in [-0.39, 0.29) is 42.9 Å². The van der Waals surface area contributed by atoms with Gasteiger partial charge in [-0.3, -0.25) is 9.48 Å². The van der Waals surface area contributed by atoms with Crippen molar-refractivity contribution in [3.8, 4) is 11.8 Å². The topological polar surface area (TPSA) is 71.2 Å². The Morgan fingerprint density at radius 3 is 2.68 bits per heavy atom. The maximum atomic E-state index is 13.1. The average molecular weight is 440 g/mol. The molecule has 1 amide bonds. The number of rotatable bonds is 5. The molecule has 1 fully saturated rings. The highest BCUT2D eigenvalue weighted by Crippen LogP contribution is 2.49. The molecule has 1 aromatic carbocycles. The molecule has 1 aromatic heterocycles. The van der Waals surface area contributed by atoms with Gasteiger partial charge in [-0.25, -0.2) is 8.78 Å². The Balaban J connectivity index is 1.51. The van der Waals surface area contributed by atoms with Crippen LogP contribution in [0.1, 0.15) is 40.5 Å². The quantitative estimate of drug-likeness (QED) is 0.662. The number of hydrogen-bond acceptors (Lipinski definition) is 4. The fourth-order valence-electron chi connectivity index (χ4n) is 3.44. The van der Waals surface area contributed by atoms with E-state index in [1.165, 1.54) is 27.8 Å². The van der Waals surface area contributed by atoms with E-state index in [1.807, 2.05) is 6.07 Å². The fourth-order valence-corrected chi connectivity index (χ4v) is 3.44. The van der Waals surface area contributed by atoms with Crippen molar-refractivity contribution in [2.75, 3.05) is 0 Å². The van der Waals surface area contributed by atoms with Crippen LogP contribution < -0.4 is 4.74 Å². The molecule has 4 rings (SSSR count). The van der Waals surface area contributed by atoms with Crippen LogP contribution in [0.15, 0.2) is 24.4 Å². The van der Waals surface area contributed by atoms with Crippen LogP contribution in [-0.4, -0.2) is 38.8 Å². The lowest BCUT2D eigenvalue weighted by molar-refractivity contribution is -0.189. The van der Waals surface area contributed by atoms with Gasteiger partial charge in [0.25, 0.3) is 11.8 Å². The molecule has 164 valence electrons. The van der Waals surface area contributed by atoms with Crippen molar-refractivity contribution in [3.63, 3.8) is 0 Å². The Bertz CT molecular complexity index is 1050. The van der Waals surface area contributed by atoms with Crippen LogP contribution in [0.3, 0.4) is 0 Å². The molecule has 0 radical (unpaired) electrons. The van der Waals surface area contributed by atoms with Gasteiger partial charge in [-0.15, -0.1) is 0 Å². The number of fused-ring (bicyclic) bond motifs is 1. The van der Waals surface area contributed by atoms with Crippen LogP contribution in [0.5, 0.6) is 5.75 Å². The summed E-state index contributed by atoms with van der Waals surface area (Å²) in [6.07, 6.45) is -5.34. The monoisotopic (exact) mass is 440 g/mol. The summed E-state index contributed by atoms with van der Waals surface area (Å²) in [6, 6.07) is 5.47. The van der Waals surface area contributed by atoms with Gasteiger partial charge in [-0.1, -0.05) is 0 Å². The molecule has 0 bridgehead atoms. The Hall–Kier alpha value is -3.16. The number of benzene rings is 1. The lowest BCUT2D eigenvalue weighted by Gasteiger charge is -2.22. The summed E-state index contributed by atoms with van der Waals surface area (Å²) in [5.74, 6) is -4.29. The molecule has 2 aromatic rings. The molecule has 1 aliphatic carbocycles. The summed E-state index contributed by atoms with van der Waals surface area (Å²) in [5.41, 5.74) is 1.16. The minimum atomic E-state index is -4.62. The molecule has 0 N–H and O–H groups in total. The molecular formula is C20H17F5N4O2. The van der Waals surface area contributed by atoms with E-state index in [2.05, 4.69) is 5.10 Å². The third kappa shape index (κ3) is 4.19. The lowest BCUT2D eigenvalue weighted by atomic mass is 10.1. The Morgan fingerprint density at radius 1 is 1.39 bits per heavy atom. The number of hydrogen-bond donors (Lipinski definition) is 0. The van der Waals surface area contributed by atoms with Gasteiger partial charge < -0.3 is 9.64 Å². The van der Waals surface area contributed by atoms with Crippen LogP contribution in [-0.2, 0) is 19.6 Å². The van der Waals surface area contributed by atoms with Crippen molar-refractivity contribution in [1.29, 1.82) is 5.26 Å². The van der Waals surface area contributed by atoms with E-state index >= 15 is 0 Å². The van der Waals surface area contributed by atoms with Crippen molar-refractivity contribution < 1.29 is 31.5 Å². The van der Waals surface area contributed by atoms with Crippen molar-refractivity contribution in [2.45, 2.75) is 51.2 Å². The second-order valence-corrected chi connectivity index (χ2v) is 7.77. The minimum absolute atomic E-state index is 0.0767. The summed E-state index contributed by atoms with van der Waals surface area (Å²) in [4.78, 5) is 14.4. The smallest absolute Gasteiger partial charge is 0.425 e. The maximum absolute atomic E-state index is 13.1. The first-order valence-electron chi connectivity index (χ1n) is 9.48. The molecule has 2 unspecified atom stereocenters. The van der Waals surface area contributed by atoms with Gasteiger partial charge >= 0.3 is 6.18 Å². The number of nitrogens with zero attached hydrogens (tertiary/aromatic N) is 4. The molecule has 31 heavy (non-hydrogen) atoms. The third-order valence-electron chi connectivity index (χ3n) is 5.38. The molecule has 6 nitrogen and oxygen atoms in total. The van der Waals surface area contributed by atoms with Crippen LogP contribution in [0, 0.1) is 17.2 Å². The van der Waals surface area contributed by atoms with E-state index in [9.17, 15) is 26.7 Å². The van der Waals surface area contributed by atoms with Crippen molar-refractivity contribution in [3.05, 3.63) is 46.8 Å². The van der Waals surface area contributed by atoms with Crippen LogP contribution in [0.25, 0.3) is 0 Å². The van der Waals surface area contributed by atoms with E-state index in [0.717, 1.165) is 6.92 Å². The molecule has 0 spiro atoms. The zero-order valence-electron chi connectivity index (χ0n) is 16.3. The van der Waals surface area contributed by atoms with Gasteiger partial charge in [0, 0.05) is 37.2 Å². The zero-order chi connectivity index (χ0) is 22.6. The van der Waals surface area contributed by atoms with Crippen molar-refractivity contribution in [1.82, 2.24) is 14.7 Å². The number of amides is 1. The highest BCUT2D eigenvalue weighted by atomic mass is 19.4. The summed E-state index contributed by atoms with van der Waals surface area (Å²) in [6.45, 7) is 1.11. The fraction of sp³-hybridized carbons (Fsp3) is 0.450. The molecular weight excluding hydrogens is 423 g/mol.